The zero-order chi connectivity index (χ0) is 15.5. The SMILES string of the molecule is Cc1sc(C(=O)CCc2ccccc2)c(OCC2CO2)c1C. The first-order valence-electron chi connectivity index (χ1n) is 7.56. The van der Waals surface area contributed by atoms with Gasteiger partial charge in [0.2, 0.25) is 0 Å². The number of thiophene rings is 1. The van der Waals surface area contributed by atoms with E-state index in [-0.39, 0.29) is 11.9 Å². The molecule has 0 aliphatic carbocycles. The maximum absolute atomic E-state index is 12.6. The summed E-state index contributed by atoms with van der Waals surface area (Å²) in [6, 6.07) is 10.1. The predicted octanol–water partition coefficient (Wildman–Crippen LogP) is 3.96. The lowest BCUT2D eigenvalue weighted by Gasteiger charge is -2.07. The Kier molecular flexibility index (Phi) is 4.60. The summed E-state index contributed by atoms with van der Waals surface area (Å²) in [5, 5.41) is 0. The number of Topliss-reactive ketones (excluding diaryl/α,β-unsaturated/α-hetero) is 1. The van der Waals surface area contributed by atoms with Crippen LogP contribution in [0.15, 0.2) is 30.3 Å². The van der Waals surface area contributed by atoms with E-state index in [1.54, 1.807) is 11.3 Å². The van der Waals surface area contributed by atoms with Gasteiger partial charge in [-0.3, -0.25) is 4.79 Å². The zero-order valence-corrected chi connectivity index (χ0v) is 13.7. The van der Waals surface area contributed by atoms with E-state index in [9.17, 15) is 4.79 Å². The minimum atomic E-state index is 0.164. The van der Waals surface area contributed by atoms with E-state index in [2.05, 4.69) is 12.1 Å². The third-order valence-electron chi connectivity index (χ3n) is 3.88. The Labute approximate surface area is 134 Å². The maximum Gasteiger partial charge on any atom is 0.176 e. The highest BCUT2D eigenvalue weighted by Crippen LogP contribution is 2.36. The molecule has 0 spiro atoms. The van der Waals surface area contributed by atoms with Crippen LogP contribution in [0.3, 0.4) is 0 Å². The molecule has 1 aliphatic rings. The van der Waals surface area contributed by atoms with Crippen LogP contribution in [0.4, 0.5) is 0 Å². The number of ketones is 1. The van der Waals surface area contributed by atoms with Crippen molar-refractivity contribution >= 4 is 17.1 Å². The van der Waals surface area contributed by atoms with Crippen molar-refractivity contribution in [2.45, 2.75) is 32.8 Å². The molecule has 0 bridgehead atoms. The number of ether oxygens (including phenoxy) is 2. The third kappa shape index (κ3) is 3.57. The molecular weight excluding hydrogens is 296 g/mol. The number of carbonyl (C=O) groups is 1. The van der Waals surface area contributed by atoms with Gasteiger partial charge in [0.15, 0.2) is 5.78 Å². The second kappa shape index (κ2) is 6.63. The van der Waals surface area contributed by atoms with Crippen molar-refractivity contribution in [2.24, 2.45) is 0 Å². The Balaban J connectivity index is 1.69. The van der Waals surface area contributed by atoms with Crippen molar-refractivity contribution in [3.63, 3.8) is 0 Å². The van der Waals surface area contributed by atoms with Gasteiger partial charge in [-0.15, -0.1) is 11.3 Å². The second-order valence-corrected chi connectivity index (χ2v) is 6.84. The predicted molar refractivity (Wildman–Crippen MR) is 88.1 cm³/mol. The van der Waals surface area contributed by atoms with Crippen molar-refractivity contribution in [1.82, 2.24) is 0 Å². The molecule has 3 nitrogen and oxygen atoms in total. The molecule has 2 heterocycles. The number of hydrogen-bond donors (Lipinski definition) is 0. The molecule has 1 saturated heterocycles. The lowest BCUT2D eigenvalue weighted by molar-refractivity contribution is 0.0982. The molecule has 0 amide bonds. The summed E-state index contributed by atoms with van der Waals surface area (Å²) >= 11 is 1.54. The van der Waals surface area contributed by atoms with Crippen LogP contribution in [0.1, 0.15) is 32.1 Å². The molecule has 0 radical (unpaired) electrons. The van der Waals surface area contributed by atoms with Crippen LogP contribution in [0.25, 0.3) is 0 Å². The molecule has 1 aliphatic heterocycles. The standard InChI is InChI=1S/C18H20O3S/c1-12-13(2)22-18(17(12)21-11-15-10-20-15)16(19)9-8-14-6-4-3-5-7-14/h3-7,15H,8-11H2,1-2H3. The fraction of sp³-hybridized carbons (Fsp3) is 0.389. The van der Waals surface area contributed by atoms with Crippen molar-refractivity contribution in [3.8, 4) is 5.75 Å². The smallest absolute Gasteiger partial charge is 0.176 e. The summed E-state index contributed by atoms with van der Waals surface area (Å²) in [4.78, 5) is 14.5. The summed E-state index contributed by atoms with van der Waals surface area (Å²) in [6.07, 6.45) is 1.48. The van der Waals surface area contributed by atoms with Crippen LogP contribution in [-0.4, -0.2) is 25.1 Å². The highest BCUT2D eigenvalue weighted by atomic mass is 32.1. The van der Waals surface area contributed by atoms with Crippen molar-refractivity contribution in [2.75, 3.05) is 13.2 Å². The topological polar surface area (TPSA) is 38.8 Å². The van der Waals surface area contributed by atoms with E-state index < -0.39 is 0 Å². The number of hydrogen-bond acceptors (Lipinski definition) is 4. The van der Waals surface area contributed by atoms with E-state index in [1.807, 2.05) is 32.0 Å². The Morgan fingerprint density at radius 3 is 2.73 bits per heavy atom. The summed E-state index contributed by atoms with van der Waals surface area (Å²) in [5.74, 6) is 0.924. The minimum Gasteiger partial charge on any atom is -0.489 e. The first-order valence-corrected chi connectivity index (χ1v) is 8.38. The van der Waals surface area contributed by atoms with Crippen molar-refractivity contribution in [1.29, 1.82) is 0 Å². The zero-order valence-electron chi connectivity index (χ0n) is 12.9. The van der Waals surface area contributed by atoms with Crippen LogP contribution in [0.2, 0.25) is 0 Å². The van der Waals surface area contributed by atoms with Gasteiger partial charge in [0.05, 0.1) is 6.61 Å². The van der Waals surface area contributed by atoms with Crippen molar-refractivity contribution < 1.29 is 14.3 Å². The van der Waals surface area contributed by atoms with E-state index in [1.165, 1.54) is 5.56 Å². The Bertz CT molecular complexity index is 656. The highest BCUT2D eigenvalue weighted by Gasteiger charge is 2.26. The van der Waals surface area contributed by atoms with Gasteiger partial charge in [-0.2, -0.15) is 0 Å². The lowest BCUT2D eigenvalue weighted by Crippen LogP contribution is -2.08. The number of aryl methyl sites for hydroxylation is 2. The van der Waals surface area contributed by atoms with Crippen LogP contribution < -0.4 is 4.74 Å². The molecule has 22 heavy (non-hydrogen) atoms. The van der Waals surface area contributed by atoms with E-state index >= 15 is 0 Å². The van der Waals surface area contributed by atoms with Gasteiger partial charge in [-0.05, 0) is 25.8 Å². The van der Waals surface area contributed by atoms with Crippen LogP contribution in [0, 0.1) is 13.8 Å². The first kappa shape index (κ1) is 15.3. The van der Waals surface area contributed by atoms with E-state index in [0.717, 1.165) is 34.1 Å². The number of benzene rings is 1. The lowest BCUT2D eigenvalue weighted by atomic mass is 10.1. The molecule has 116 valence electrons. The van der Waals surface area contributed by atoms with Gasteiger partial charge in [-0.25, -0.2) is 0 Å². The van der Waals surface area contributed by atoms with Gasteiger partial charge in [0.1, 0.15) is 23.3 Å². The monoisotopic (exact) mass is 316 g/mol. The fourth-order valence-corrected chi connectivity index (χ4v) is 3.39. The summed E-state index contributed by atoms with van der Waals surface area (Å²) in [5.41, 5.74) is 2.27. The van der Waals surface area contributed by atoms with Gasteiger partial charge in [0.25, 0.3) is 0 Å². The average molecular weight is 316 g/mol. The number of carbonyl (C=O) groups excluding carboxylic acids is 1. The van der Waals surface area contributed by atoms with Gasteiger partial charge in [0, 0.05) is 16.9 Å². The Morgan fingerprint density at radius 1 is 1.32 bits per heavy atom. The van der Waals surface area contributed by atoms with Gasteiger partial charge in [-0.1, -0.05) is 30.3 Å². The molecule has 1 aromatic carbocycles. The molecule has 4 heteroatoms. The van der Waals surface area contributed by atoms with Crippen LogP contribution in [0.5, 0.6) is 5.75 Å². The molecule has 1 fully saturated rings. The molecule has 1 aromatic heterocycles. The number of epoxide rings is 1. The molecule has 3 rings (SSSR count). The second-order valence-electron chi connectivity index (χ2n) is 5.62. The summed E-state index contributed by atoms with van der Waals surface area (Å²) in [7, 11) is 0. The maximum atomic E-state index is 12.6. The average Bonchev–Trinajstić information content (AvgIpc) is 3.32. The molecule has 1 unspecified atom stereocenters. The van der Waals surface area contributed by atoms with E-state index in [4.69, 9.17) is 9.47 Å². The Hall–Kier alpha value is -1.65. The molecular formula is C18H20O3S. The van der Waals surface area contributed by atoms with Crippen LogP contribution in [-0.2, 0) is 11.2 Å². The molecule has 0 N–H and O–H groups in total. The summed E-state index contributed by atoms with van der Waals surface area (Å²) < 4.78 is 11.0. The Morgan fingerprint density at radius 2 is 2.05 bits per heavy atom. The first-order chi connectivity index (χ1) is 10.6. The third-order valence-corrected chi connectivity index (χ3v) is 5.11. The fourth-order valence-electron chi connectivity index (χ4n) is 2.32. The molecule has 1 atom stereocenters. The van der Waals surface area contributed by atoms with Crippen LogP contribution >= 0.6 is 11.3 Å². The minimum absolute atomic E-state index is 0.164. The highest BCUT2D eigenvalue weighted by molar-refractivity contribution is 7.14. The molecule has 0 saturated carbocycles. The normalized spacial score (nSPS) is 16.5. The quantitative estimate of drug-likeness (QED) is 0.573. The summed E-state index contributed by atoms with van der Waals surface area (Å²) in [6.45, 7) is 5.35. The van der Waals surface area contributed by atoms with Gasteiger partial charge < -0.3 is 9.47 Å². The van der Waals surface area contributed by atoms with Crippen molar-refractivity contribution in [3.05, 3.63) is 51.2 Å². The largest absolute Gasteiger partial charge is 0.489 e. The van der Waals surface area contributed by atoms with Gasteiger partial charge >= 0.3 is 0 Å². The molecule has 2 aromatic rings. The van der Waals surface area contributed by atoms with E-state index in [0.29, 0.717) is 13.0 Å². The number of rotatable bonds is 7.